The van der Waals surface area contributed by atoms with Gasteiger partial charge >= 0.3 is 0 Å². The predicted octanol–water partition coefficient (Wildman–Crippen LogP) is 4.07. The van der Waals surface area contributed by atoms with E-state index in [0.717, 1.165) is 23.1 Å². The van der Waals surface area contributed by atoms with Crippen LogP contribution < -0.4 is 15.0 Å². The Kier molecular flexibility index (Phi) is 4.36. The second-order valence-electron chi connectivity index (χ2n) is 6.02. The molecule has 4 heteroatoms. The third-order valence-corrected chi connectivity index (χ3v) is 3.02. The Bertz CT molecular complexity index is 605. The van der Waals surface area contributed by atoms with Gasteiger partial charge in [0.05, 0.1) is 7.11 Å². The number of nitrogens with one attached hydrogen (secondary N) is 1. The van der Waals surface area contributed by atoms with E-state index < -0.39 is 0 Å². The van der Waals surface area contributed by atoms with Crippen molar-refractivity contribution in [2.45, 2.75) is 26.3 Å². The summed E-state index contributed by atoms with van der Waals surface area (Å²) in [6.07, 6.45) is 0. The van der Waals surface area contributed by atoms with Crippen LogP contribution >= 0.6 is 0 Å². The molecule has 112 valence electrons. The van der Waals surface area contributed by atoms with E-state index >= 15 is 0 Å². The number of nitrogens with zero attached hydrogens (tertiary/aromatic N) is 2. The molecule has 0 spiro atoms. The molecule has 0 aliphatic heterocycles. The summed E-state index contributed by atoms with van der Waals surface area (Å²) in [4.78, 5) is 6.70. The Morgan fingerprint density at radius 1 is 1.10 bits per heavy atom. The molecule has 0 saturated heterocycles. The first-order valence-corrected chi connectivity index (χ1v) is 7.02. The Morgan fingerprint density at radius 2 is 1.81 bits per heavy atom. The summed E-state index contributed by atoms with van der Waals surface area (Å²) in [6, 6.07) is 13.9. The largest absolute Gasteiger partial charge is 0.497 e. The third kappa shape index (κ3) is 4.12. The van der Waals surface area contributed by atoms with Crippen molar-refractivity contribution >= 4 is 17.3 Å². The van der Waals surface area contributed by atoms with E-state index in [2.05, 4.69) is 31.1 Å². The Balaban J connectivity index is 2.26. The zero-order valence-corrected chi connectivity index (χ0v) is 13.3. The predicted molar refractivity (Wildman–Crippen MR) is 88.7 cm³/mol. The van der Waals surface area contributed by atoms with Gasteiger partial charge in [-0.15, -0.1) is 0 Å². The first-order chi connectivity index (χ1) is 9.89. The zero-order chi connectivity index (χ0) is 15.5. The van der Waals surface area contributed by atoms with Gasteiger partial charge in [0, 0.05) is 24.3 Å². The molecule has 0 amide bonds. The van der Waals surface area contributed by atoms with Crippen LogP contribution in [0.1, 0.15) is 20.8 Å². The average molecular weight is 285 g/mol. The topological polar surface area (TPSA) is 37.4 Å². The van der Waals surface area contributed by atoms with Crippen molar-refractivity contribution in [2.75, 3.05) is 24.4 Å². The fourth-order valence-electron chi connectivity index (χ4n) is 2.02. The van der Waals surface area contributed by atoms with Crippen LogP contribution in [-0.4, -0.2) is 24.7 Å². The molecule has 2 aromatic rings. The molecule has 1 heterocycles. The van der Waals surface area contributed by atoms with Crippen LogP contribution in [0.4, 0.5) is 17.3 Å². The van der Waals surface area contributed by atoms with Crippen LogP contribution in [0.3, 0.4) is 0 Å². The molecule has 1 aromatic carbocycles. The highest BCUT2D eigenvalue weighted by Gasteiger charge is 2.12. The van der Waals surface area contributed by atoms with Gasteiger partial charge in [0.15, 0.2) is 0 Å². The molecule has 21 heavy (non-hydrogen) atoms. The molecular formula is C17H23N3O. The summed E-state index contributed by atoms with van der Waals surface area (Å²) >= 11 is 0. The van der Waals surface area contributed by atoms with Gasteiger partial charge in [-0.3, -0.25) is 0 Å². The fourth-order valence-corrected chi connectivity index (χ4v) is 2.02. The molecule has 0 fully saturated rings. The average Bonchev–Trinajstić information content (AvgIpc) is 2.45. The molecule has 0 radical (unpaired) electrons. The molecular weight excluding hydrogens is 262 g/mol. The van der Waals surface area contributed by atoms with Crippen molar-refractivity contribution in [1.29, 1.82) is 0 Å². The summed E-state index contributed by atoms with van der Waals surface area (Å²) < 4.78 is 5.27. The second-order valence-corrected chi connectivity index (χ2v) is 6.02. The normalized spacial score (nSPS) is 11.1. The summed E-state index contributed by atoms with van der Waals surface area (Å²) in [5, 5.41) is 3.39. The monoisotopic (exact) mass is 285 g/mol. The van der Waals surface area contributed by atoms with Gasteiger partial charge < -0.3 is 15.0 Å². The highest BCUT2D eigenvalue weighted by molar-refractivity contribution is 5.62. The summed E-state index contributed by atoms with van der Waals surface area (Å²) in [6.45, 7) is 6.35. The van der Waals surface area contributed by atoms with E-state index in [0.29, 0.717) is 0 Å². The molecule has 0 bridgehead atoms. The van der Waals surface area contributed by atoms with Gasteiger partial charge in [0.2, 0.25) is 0 Å². The van der Waals surface area contributed by atoms with Crippen molar-refractivity contribution in [3.8, 4) is 5.75 Å². The molecule has 0 unspecified atom stereocenters. The van der Waals surface area contributed by atoms with Gasteiger partial charge in [-0.05, 0) is 45.0 Å². The van der Waals surface area contributed by atoms with Crippen molar-refractivity contribution in [2.24, 2.45) is 0 Å². The van der Waals surface area contributed by atoms with Crippen LogP contribution in [0.25, 0.3) is 0 Å². The lowest BCUT2D eigenvalue weighted by Gasteiger charge is -2.23. The number of methoxy groups -OCH3 is 1. The molecule has 0 atom stereocenters. The smallest absolute Gasteiger partial charge is 0.135 e. The quantitative estimate of drug-likeness (QED) is 0.919. The summed E-state index contributed by atoms with van der Waals surface area (Å²) in [7, 11) is 3.67. The molecule has 2 rings (SSSR count). The highest BCUT2D eigenvalue weighted by Crippen LogP contribution is 2.26. The lowest BCUT2D eigenvalue weighted by atomic mass is 10.1. The molecule has 1 N–H and O–H groups in total. The number of ether oxygens (including phenoxy) is 1. The number of aromatic nitrogens is 1. The molecule has 0 aliphatic rings. The van der Waals surface area contributed by atoms with Crippen molar-refractivity contribution < 1.29 is 4.74 Å². The van der Waals surface area contributed by atoms with Crippen LogP contribution in [-0.2, 0) is 0 Å². The molecule has 0 saturated carbocycles. The van der Waals surface area contributed by atoms with Crippen molar-refractivity contribution in [3.63, 3.8) is 0 Å². The van der Waals surface area contributed by atoms with E-state index in [-0.39, 0.29) is 5.54 Å². The number of hydrogen-bond acceptors (Lipinski definition) is 4. The minimum absolute atomic E-state index is 0.0137. The summed E-state index contributed by atoms with van der Waals surface area (Å²) in [5.74, 6) is 2.59. The van der Waals surface area contributed by atoms with Gasteiger partial charge in [-0.1, -0.05) is 12.1 Å². The molecule has 4 nitrogen and oxygen atoms in total. The Hall–Kier alpha value is -2.23. The maximum atomic E-state index is 5.27. The van der Waals surface area contributed by atoms with Gasteiger partial charge in [0.25, 0.3) is 0 Å². The first kappa shape index (κ1) is 15.2. The highest BCUT2D eigenvalue weighted by atomic mass is 16.5. The number of anilines is 3. The maximum absolute atomic E-state index is 5.27. The SMILES string of the molecule is COc1cccc(N(C)c2cccc(NC(C)(C)C)n2)c1. The lowest BCUT2D eigenvalue weighted by molar-refractivity contribution is 0.415. The number of benzene rings is 1. The van der Waals surface area contributed by atoms with Crippen LogP contribution in [0, 0.1) is 0 Å². The van der Waals surface area contributed by atoms with Gasteiger partial charge in [-0.2, -0.15) is 0 Å². The van der Waals surface area contributed by atoms with E-state index in [1.165, 1.54) is 0 Å². The molecule has 1 aromatic heterocycles. The van der Waals surface area contributed by atoms with Crippen LogP contribution in [0.5, 0.6) is 5.75 Å². The van der Waals surface area contributed by atoms with Crippen LogP contribution in [0.2, 0.25) is 0 Å². The third-order valence-electron chi connectivity index (χ3n) is 3.02. The minimum atomic E-state index is -0.0137. The Labute approximate surface area is 126 Å². The zero-order valence-electron chi connectivity index (χ0n) is 13.3. The minimum Gasteiger partial charge on any atom is -0.497 e. The lowest BCUT2D eigenvalue weighted by Crippen LogP contribution is -2.27. The van der Waals surface area contributed by atoms with Crippen molar-refractivity contribution in [1.82, 2.24) is 4.98 Å². The Morgan fingerprint density at radius 3 is 2.48 bits per heavy atom. The first-order valence-electron chi connectivity index (χ1n) is 7.02. The van der Waals surface area contributed by atoms with E-state index in [4.69, 9.17) is 4.74 Å². The van der Waals surface area contributed by atoms with E-state index in [1.54, 1.807) is 7.11 Å². The standard InChI is InChI=1S/C17H23N3O/c1-17(2,3)19-15-10-7-11-16(18-15)20(4)13-8-6-9-14(12-13)21-5/h6-12H,1-5H3,(H,18,19). The van der Waals surface area contributed by atoms with Gasteiger partial charge in [-0.25, -0.2) is 4.98 Å². The summed E-state index contributed by atoms with van der Waals surface area (Å²) in [5.41, 5.74) is 1.02. The van der Waals surface area contributed by atoms with E-state index in [9.17, 15) is 0 Å². The van der Waals surface area contributed by atoms with Gasteiger partial charge in [0.1, 0.15) is 17.4 Å². The molecule has 0 aliphatic carbocycles. The fraction of sp³-hybridized carbons (Fsp3) is 0.353. The maximum Gasteiger partial charge on any atom is 0.135 e. The van der Waals surface area contributed by atoms with Crippen molar-refractivity contribution in [3.05, 3.63) is 42.5 Å². The second kappa shape index (κ2) is 6.04. The number of rotatable bonds is 4. The van der Waals surface area contributed by atoms with E-state index in [1.807, 2.05) is 54.4 Å². The van der Waals surface area contributed by atoms with Crippen LogP contribution in [0.15, 0.2) is 42.5 Å². The number of pyridine rings is 1. The number of hydrogen-bond donors (Lipinski definition) is 1.